The molecule has 0 heterocycles. The number of hydrogen-bond acceptors (Lipinski definition) is 3. The molecule has 1 fully saturated rings. The molecule has 0 amide bonds. The lowest BCUT2D eigenvalue weighted by atomic mass is 10.2. The van der Waals surface area contributed by atoms with Crippen molar-refractivity contribution in [1.82, 2.24) is 4.72 Å². The third-order valence-electron chi connectivity index (χ3n) is 3.02. The first-order chi connectivity index (χ1) is 9.12. The molecule has 0 radical (unpaired) electrons. The van der Waals surface area contributed by atoms with Crippen LogP contribution in [0, 0.1) is 17.8 Å². The monoisotopic (exact) mass is 279 g/mol. The highest BCUT2D eigenvalue weighted by molar-refractivity contribution is 7.89. The second-order valence-electron chi connectivity index (χ2n) is 4.61. The smallest absolute Gasteiger partial charge is 0.240 e. The average Bonchev–Trinajstić information content (AvgIpc) is 3.21. The summed E-state index contributed by atoms with van der Waals surface area (Å²) in [4.78, 5) is 0.248. The molecular formula is C14H17NO3S. The number of sulfonamides is 1. The van der Waals surface area contributed by atoms with Gasteiger partial charge in [0, 0.05) is 12.1 Å². The van der Waals surface area contributed by atoms with E-state index < -0.39 is 10.0 Å². The first-order valence-electron chi connectivity index (χ1n) is 6.31. The van der Waals surface area contributed by atoms with Gasteiger partial charge in [0.05, 0.1) is 4.90 Å². The molecule has 2 rings (SSSR count). The van der Waals surface area contributed by atoms with Crippen LogP contribution < -0.4 is 4.72 Å². The van der Waals surface area contributed by atoms with E-state index in [1.54, 1.807) is 12.1 Å². The lowest BCUT2D eigenvalue weighted by molar-refractivity contribution is 0.350. The van der Waals surface area contributed by atoms with Crippen molar-refractivity contribution < 1.29 is 13.5 Å². The Kier molecular flexibility index (Phi) is 4.59. The fraction of sp³-hybridized carbons (Fsp3) is 0.429. The van der Waals surface area contributed by atoms with Crippen LogP contribution in [-0.2, 0) is 10.0 Å². The van der Waals surface area contributed by atoms with Crippen molar-refractivity contribution in [2.24, 2.45) is 5.92 Å². The molecule has 2 N–H and O–H groups in total. The minimum atomic E-state index is -3.41. The highest BCUT2D eigenvalue weighted by Crippen LogP contribution is 2.31. The molecule has 1 saturated carbocycles. The van der Waals surface area contributed by atoms with Crippen LogP contribution in [0.5, 0.6) is 0 Å². The highest BCUT2D eigenvalue weighted by Gasteiger charge is 2.21. The second-order valence-corrected chi connectivity index (χ2v) is 6.38. The molecule has 1 aliphatic carbocycles. The van der Waals surface area contributed by atoms with Gasteiger partial charge in [-0.15, -0.1) is 0 Å². The molecule has 1 aromatic rings. The highest BCUT2D eigenvalue weighted by atomic mass is 32.2. The zero-order valence-electron chi connectivity index (χ0n) is 10.6. The maximum atomic E-state index is 12.0. The van der Waals surface area contributed by atoms with Gasteiger partial charge in [0.1, 0.15) is 6.61 Å². The maximum absolute atomic E-state index is 12.0. The SMILES string of the molecule is O=S(=O)(NCCC1CC1)c1ccc(C#CCO)cc1. The summed E-state index contributed by atoms with van der Waals surface area (Å²) in [5.74, 6) is 5.95. The van der Waals surface area contributed by atoms with E-state index in [1.165, 1.54) is 25.0 Å². The normalized spacial score (nSPS) is 14.8. The van der Waals surface area contributed by atoms with Crippen molar-refractivity contribution in [2.45, 2.75) is 24.2 Å². The number of aliphatic hydroxyl groups is 1. The predicted molar refractivity (Wildman–Crippen MR) is 72.9 cm³/mol. The van der Waals surface area contributed by atoms with Crippen LogP contribution in [0.2, 0.25) is 0 Å². The van der Waals surface area contributed by atoms with E-state index in [1.807, 2.05) is 0 Å². The Hall–Kier alpha value is -1.35. The molecule has 0 saturated heterocycles. The zero-order valence-corrected chi connectivity index (χ0v) is 11.4. The molecule has 5 heteroatoms. The van der Waals surface area contributed by atoms with Gasteiger partial charge in [0.25, 0.3) is 0 Å². The van der Waals surface area contributed by atoms with Gasteiger partial charge in [-0.05, 0) is 36.6 Å². The van der Waals surface area contributed by atoms with Gasteiger partial charge in [-0.1, -0.05) is 24.7 Å². The van der Waals surface area contributed by atoms with Gasteiger partial charge in [-0.2, -0.15) is 0 Å². The van der Waals surface area contributed by atoms with Crippen LogP contribution >= 0.6 is 0 Å². The molecule has 0 unspecified atom stereocenters. The summed E-state index contributed by atoms with van der Waals surface area (Å²) in [5, 5.41) is 8.58. The van der Waals surface area contributed by atoms with E-state index in [9.17, 15) is 8.42 Å². The Morgan fingerprint density at radius 2 is 1.95 bits per heavy atom. The minimum absolute atomic E-state index is 0.206. The summed E-state index contributed by atoms with van der Waals surface area (Å²) in [7, 11) is -3.41. The van der Waals surface area contributed by atoms with Crippen molar-refractivity contribution in [2.75, 3.05) is 13.2 Å². The van der Waals surface area contributed by atoms with Crippen LogP contribution in [0.3, 0.4) is 0 Å². The van der Waals surface area contributed by atoms with Crippen molar-refractivity contribution >= 4 is 10.0 Å². The Morgan fingerprint density at radius 3 is 2.53 bits per heavy atom. The summed E-state index contributed by atoms with van der Waals surface area (Å²) in [6, 6.07) is 6.33. The van der Waals surface area contributed by atoms with Crippen molar-refractivity contribution in [1.29, 1.82) is 0 Å². The Bertz CT molecular complexity index is 577. The van der Waals surface area contributed by atoms with Crippen molar-refractivity contribution in [3.05, 3.63) is 29.8 Å². The van der Waals surface area contributed by atoms with Crippen molar-refractivity contribution in [3.63, 3.8) is 0 Å². The van der Waals surface area contributed by atoms with Crippen LogP contribution in [0.4, 0.5) is 0 Å². The Balaban J connectivity index is 1.98. The summed E-state index contributed by atoms with van der Waals surface area (Å²) in [6.45, 7) is 0.293. The quantitative estimate of drug-likeness (QED) is 0.793. The van der Waals surface area contributed by atoms with E-state index in [0.717, 1.165) is 6.42 Å². The number of hydrogen-bond donors (Lipinski definition) is 2. The molecule has 0 spiro atoms. The standard InChI is InChI=1S/C14H17NO3S/c16-11-1-2-12-5-7-14(8-6-12)19(17,18)15-10-9-13-3-4-13/h5-8,13,15-16H,3-4,9-11H2. The van der Waals surface area contributed by atoms with E-state index in [2.05, 4.69) is 16.6 Å². The van der Waals surface area contributed by atoms with Gasteiger partial charge >= 0.3 is 0 Å². The molecule has 0 aliphatic heterocycles. The summed E-state index contributed by atoms with van der Waals surface area (Å²) < 4.78 is 26.5. The van der Waals surface area contributed by atoms with Gasteiger partial charge in [-0.25, -0.2) is 13.1 Å². The molecule has 4 nitrogen and oxygen atoms in total. The van der Waals surface area contributed by atoms with Gasteiger partial charge in [0.15, 0.2) is 0 Å². The van der Waals surface area contributed by atoms with Gasteiger partial charge in [-0.3, -0.25) is 0 Å². The lowest BCUT2D eigenvalue weighted by Gasteiger charge is -2.06. The lowest BCUT2D eigenvalue weighted by Crippen LogP contribution is -2.25. The first kappa shape index (κ1) is 14.1. The zero-order chi connectivity index (χ0) is 13.7. The maximum Gasteiger partial charge on any atom is 0.240 e. The third kappa shape index (κ3) is 4.35. The predicted octanol–water partition coefficient (Wildman–Crippen LogP) is 1.11. The number of rotatable bonds is 5. The minimum Gasteiger partial charge on any atom is -0.384 e. The summed E-state index contributed by atoms with van der Waals surface area (Å²) in [6.07, 6.45) is 3.36. The van der Waals surface area contributed by atoms with Crippen LogP contribution in [0.25, 0.3) is 0 Å². The third-order valence-corrected chi connectivity index (χ3v) is 4.49. The van der Waals surface area contributed by atoms with Crippen molar-refractivity contribution in [3.8, 4) is 11.8 Å². The molecule has 1 aromatic carbocycles. The molecule has 0 bridgehead atoms. The largest absolute Gasteiger partial charge is 0.384 e. The summed E-state index contributed by atoms with van der Waals surface area (Å²) in [5.41, 5.74) is 0.686. The molecule has 0 atom stereocenters. The number of aliphatic hydroxyl groups excluding tert-OH is 1. The molecular weight excluding hydrogens is 262 g/mol. The van der Waals surface area contributed by atoms with E-state index >= 15 is 0 Å². The second kappa shape index (κ2) is 6.20. The fourth-order valence-electron chi connectivity index (χ4n) is 1.75. The van der Waals surface area contributed by atoms with E-state index in [4.69, 9.17) is 5.11 Å². The molecule has 102 valence electrons. The van der Waals surface area contributed by atoms with E-state index in [0.29, 0.717) is 18.0 Å². The Labute approximate surface area is 113 Å². The van der Waals surface area contributed by atoms with Crippen LogP contribution in [0.15, 0.2) is 29.2 Å². The van der Waals surface area contributed by atoms with E-state index in [-0.39, 0.29) is 11.5 Å². The number of nitrogens with one attached hydrogen (secondary N) is 1. The average molecular weight is 279 g/mol. The molecule has 0 aromatic heterocycles. The van der Waals surface area contributed by atoms with Crippen LogP contribution in [-0.4, -0.2) is 26.7 Å². The topological polar surface area (TPSA) is 66.4 Å². The molecule has 1 aliphatic rings. The van der Waals surface area contributed by atoms with Crippen LogP contribution in [0.1, 0.15) is 24.8 Å². The molecule has 19 heavy (non-hydrogen) atoms. The first-order valence-corrected chi connectivity index (χ1v) is 7.79. The van der Waals surface area contributed by atoms with Gasteiger partial charge in [0.2, 0.25) is 10.0 Å². The number of benzene rings is 1. The fourth-order valence-corrected chi connectivity index (χ4v) is 2.79. The van der Waals surface area contributed by atoms with Gasteiger partial charge < -0.3 is 5.11 Å². The Morgan fingerprint density at radius 1 is 1.26 bits per heavy atom. The summed E-state index contributed by atoms with van der Waals surface area (Å²) >= 11 is 0.